The number of anilines is 1. The summed E-state index contributed by atoms with van der Waals surface area (Å²) in [6, 6.07) is 0. The number of nitro groups is 1. The van der Waals surface area contributed by atoms with Crippen molar-refractivity contribution in [3.63, 3.8) is 0 Å². The Morgan fingerprint density at radius 1 is 1.50 bits per heavy atom. The molecule has 1 aromatic heterocycles. The van der Waals surface area contributed by atoms with Crippen LogP contribution in [-0.2, 0) is 0 Å². The van der Waals surface area contributed by atoms with Gasteiger partial charge in [-0.2, -0.15) is 0 Å². The zero-order valence-corrected chi connectivity index (χ0v) is 13.5. The highest BCUT2D eigenvalue weighted by Gasteiger charge is 2.32. The molecule has 0 bridgehead atoms. The normalized spacial score (nSPS) is 17.1. The second-order valence-corrected chi connectivity index (χ2v) is 6.40. The lowest BCUT2D eigenvalue weighted by atomic mass is 9.83. The molecule has 1 N–H and O–H groups in total. The van der Waals surface area contributed by atoms with E-state index >= 15 is 0 Å². The lowest BCUT2D eigenvalue weighted by Crippen LogP contribution is -2.26. The molecule has 1 saturated carbocycles. The minimum Gasteiger partial charge on any atom is -0.369 e. The van der Waals surface area contributed by atoms with Gasteiger partial charge in [0.05, 0.1) is 9.40 Å². The van der Waals surface area contributed by atoms with Gasteiger partial charge in [0.1, 0.15) is 12.0 Å². The van der Waals surface area contributed by atoms with Crippen LogP contribution in [0.3, 0.4) is 0 Å². The van der Waals surface area contributed by atoms with Crippen molar-refractivity contribution in [3.8, 4) is 0 Å². The molecule has 1 aromatic rings. The van der Waals surface area contributed by atoms with Crippen molar-refractivity contribution in [2.24, 2.45) is 5.41 Å². The van der Waals surface area contributed by atoms with Crippen molar-refractivity contribution >= 4 is 27.4 Å². The van der Waals surface area contributed by atoms with Crippen molar-refractivity contribution in [1.82, 2.24) is 4.98 Å². The Kier molecular flexibility index (Phi) is 4.62. The van der Waals surface area contributed by atoms with Gasteiger partial charge >= 0.3 is 0 Å². The summed E-state index contributed by atoms with van der Waals surface area (Å²) in [6.07, 6.45) is 7.58. The predicted octanol–water partition coefficient (Wildman–Crippen LogP) is 4.44. The van der Waals surface area contributed by atoms with Gasteiger partial charge in [-0.15, -0.1) is 0 Å². The first-order valence-electron chi connectivity index (χ1n) is 7.02. The molecule has 5 nitrogen and oxygen atoms in total. The second-order valence-electron chi connectivity index (χ2n) is 5.60. The molecule has 1 heterocycles. The maximum Gasteiger partial charge on any atom is 0.291 e. The molecule has 0 aromatic carbocycles. The minimum absolute atomic E-state index is 0.0495. The number of nitrogens with one attached hydrogen (secondary N) is 1. The summed E-state index contributed by atoms with van der Waals surface area (Å²) < 4.78 is 0.691. The van der Waals surface area contributed by atoms with Crippen LogP contribution in [-0.4, -0.2) is 16.5 Å². The largest absolute Gasteiger partial charge is 0.369 e. The fraction of sp³-hybridized carbons (Fsp3) is 0.643. The molecule has 1 aliphatic carbocycles. The lowest BCUT2D eigenvalue weighted by molar-refractivity contribution is -0.385. The standard InChI is InChI=1S/C14H20BrN3O2/c1-3-14(6-4-5-7-14)9-17-13-12(15)10(2)11(8-16-13)18(19)20/h8H,3-7,9H2,1-2H3,(H,16,17). The number of hydrogen-bond donors (Lipinski definition) is 1. The van der Waals surface area contributed by atoms with Crippen LogP contribution in [0.2, 0.25) is 0 Å². The van der Waals surface area contributed by atoms with Crippen molar-refractivity contribution in [2.75, 3.05) is 11.9 Å². The summed E-state index contributed by atoms with van der Waals surface area (Å²) >= 11 is 3.42. The topological polar surface area (TPSA) is 68.1 Å². The number of pyridine rings is 1. The van der Waals surface area contributed by atoms with Gasteiger partial charge in [-0.25, -0.2) is 4.98 Å². The van der Waals surface area contributed by atoms with E-state index in [0.29, 0.717) is 21.3 Å². The van der Waals surface area contributed by atoms with Crippen LogP contribution in [0.1, 0.15) is 44.6 Å². The molecule has 2 rings (SSSR count). The van der Waals surface area contributed by atoms with E-state index in [0.717, 1.165) is 13.0 Å². The number of rotatable bonds is 5. The van der Waals surface area contributed by atoms with E-state index in [1.54, 1.807) is 6.92 Å². The van der Waals surface area contributed by atoms with Gasteiger partial charge in [0.2, 0.25) is 0 Å². The molecule has 0 amide bonds. The Bertz CT molecular complexity index is 513. The van der Waals surface area contributed by atoms with Crippen molar-refractivity contribution in [3.05, 3.63) is 26.3 Å². The van der Waals surface area contributed by atoms with E-state index in [1.807, 2.05) is 0 Å². The summed E-state index contributed by atoms with van der Waals surface area (Å²) in [4.78, 5) is 14.7. The first-order chi connectivity index (χ1) is 9.49. The molecule has 6 heteroatoms. The van der Waals surface area contributed by atoms with E-state index < -0.39 is 4.92 Å². The highest BCUT2D eigenvalue weighted by atomic mass is 79.9. The van der Waals surface area contributed by atoms with Gasteiger partial charge in [-0.3, -0.25) is 10.1 Å². The molecule has 110 valence electrons. The Morgan fingerprint density at radius 3 is 2.70 bits per heavy atom. The van der Waals surface area contributed by atoms with Crippen LogP contribution in [0, 0.1) is 22.5 Å². The molecule has 0 saturated heterocycles. The Labute approximate surface area is 127 Å². The highest BCUT2D eigenvalue weighted by Crippen LogP contribution is 2.41. The summed E-state index contributed by atoms with van der Waals surface area (Å²) in [5.41, 5.74) is 1.02. The first-order valence-corrected chi connectivity index (χ1v) is 7.82. The van der Waals surface area contributed by atoms with Gasteiger partial charge in [0.25, 0.3) is 5.69 Å². The Balaban J connectivity index is 2.14. The van der Waals surface area contributed by atoms with Crippen molar-refractivity contribution < 1.29 is 4.92 Å². The second kappa shape index (κ2) is 6.08. The van der Waals surface area contributed by atoms with Crippen LogP contribution in [0.4, 0.5) is 11.5 Å². The first kappa shape index (κ1) is 15.2. The number of hydrogen-bond acceptors (Lipinski definition) is 4. The van der Waals surface area contributed by atoms with E-state index in [2.05, 4.69) is 33.2 Å². The highest BCUT2D eigenvalue weighted by molar-refractivity contribution is 9.10. The Hall–Kier alpha value is -1.17. The lowest BCUT2D eigenvalue weighted by Gasteiger charge is -2.28. The zero-order chi connectivity index (χ0) is 14.8. The average molecular weight is 342 g/mol. The molecular weight excluding hydrogens is 322 g/mol. The van der Waals surface area contributed by atoms with Crippen molar-refractivity contribution in [1.29, 1.82) is 0 Å². The predicted molar refractivity (Wildman–Crippen MR) is 83.0 cm³/mol. The van der Waals surface area contributed by atoms with E-state index in [4.69, 9.17) is 0 Å². The molecule has 1 fully saturated rings. The van der Waals surface area contributed by atoms with E-state index in [1.165, 1.54) is 31.9 Å². The van der Waals surface area contributed by atoms with Gasteiger partial charge < -0.3 is 5.32 Å². The molecule has 20 heavy (non-hydrogen) atoms. The smallest absolute Gasteiger partial charge is 0.291 e. The SMILES string of the molecule is CCC1(CNc2ncc([N+](=O)[O-])c(C)c2Br)CCCC1. The van der Waals surface area contributed by atoms with Gasteiger partial charge in [0.15, 0.2) is 0 Å². The van der Waals surface area contributed by atoms with Gasteiger partial charge in [-0.05, 0) is 47.5 Å². The monoisotopic (exact) mass is 341 g/mol. The van der Waals surface area contributed by atoms with Gasteiger partial charge in [-0.1, -0.05) is 19.8 Å². The van der Waals surface area contributed by atoms with E-state index in [9.17, 15) is 10.1 Å². The molecule has 1 aliphatic rings. The summed E-state index contributed by atoms with van der Waals surface area (Å²) in [6.45, 7) is 4.85. The molecule has 0 atom stereocenters. The molecule has 0 unspecified atom stereocenters. The Morgan fingerprint density at radius 2 is 2.15 bits per heavy atom. The zero-order valence-electron chi connectivity index (χ0n) is 11.9. The number of halogens is 1. The van der Waals surface area contributed by atoms with Crippen LogP contribution < -0.4 is 5.32 Å². The van der Waals surface area contributed by atoms with Crippen LogP contribution >= 0.6 is 15.9 Å². The third kappa shape index (κ3) is 2.95. The number of nitrogens with zero attached hydrogens (tertiary/aromatic N) is 2. The van der Waals surface area contributed by atoms with Crippen LogP contribution in [0.5, 0.6) is 0 Å². The average Bonchev–Trinajstić information content (AvgIpc) is 2.89. The van der Waals surface area contributed by atoms with Crippen molar-refractivity contribution in [2.45, 2.75) is 46.0 Å². The van der Waals surface area contributed by atoms with E-state index in [-0.39, 0.29) is 5.69 Å². The fourth-order valence-corrected chi connectivity index (χ4v) is 3.37. The molecule has 0 radical (unpaired) electrons. The fourth-order valence-electron chi connectivity index (χ4n) is 2.93. The third-order valence-electron chi connectivity index (χ3n) is 4.48. The summed E-state index contributed by atoms with van der Waals surface area (Å²) in [5, 5.41) is 14.2. The van der Waals surface area contributed by atoms with Gasteiger partial charge in [0, 0.05) is 12.1 Å². The quantitative estimate of drug-likeness (QED) is 0.634. The molecule has 0 aliphatic heterocycles. The maximum absolute atomic E-state index is 10.9. The summed E-state index contributed by atoms with van der Waals surface area (Å²) in [7, 11) is 0. The number of aromatic nitrogens is 1. The summed E-state index contributed by atoms with van der Waals surface area (Å²) in [5.74, 6) is 0.702. The molecule has 0 spiro atoms. The minimum atomic E-state index is -0.401. The van der Waals surface area contributed by atoms with Crippen LogP contribution in [0.15, 0.2) is 10.7 Å². The third-order valence-corrected chi connectivity index (χ3v) is 5.45. The maximum atomic E-state index is 10.9. The van der Waals surface area contributed by atoms with Crippen LogP contribution in [0.25, 0.3) is 0 Å². The molecular formula is C14H20BrN3O2.